The SMILES string of the molecule is CC(=O)NC1CCOCC1C1CCCN(N(CC2OC2N(C)C)C(C)=O)C1. The minimum absolute atomic E-state index is 0.0190. The van der Waals surface area contributed by atoms with Gasteiger partial charge in [0.2, 0.25) is 11.8 Å². The molecule has 3 saturated heterocycles. The van der Waals surface area contributed by atoms with Gasteiger partial charge in [-0.1, -0.05) is 0 Å². The van der Waals surface area contributed by atoms with Crippen molar-refractivity contribution in [3.63, 3.8) is 0 Å². The number of nitrogens with zero attached hydrogens (tertiary/aromatic N) is 3. The molecule has 3 rings (SSSR count). The average molecular weight is 383 g/mol. The number of carbonyl (C=O) groups is 2. The van der Waals surface area contributed by atoms with Gasteiger partial charge in [0.15, 0.2) is 0 Å². The lowest BCUT2D eigenvalue weighted by atomic mass is 9.79. The van der Waals surface area contributed by atoms with Crippen molar-refractivity contribution in [1.82, 2.24) is 20.2 Å². The Morgan fingerprint density at radius 3 is 2.63 bits per heavy atom. The van der Waals surface area contributed by atoms with Crippen LogP contribution in [0, 0.1) is 11.8 Å². The highest BCUT2D eigenvalue weighted by Gasteiger charge is 2.44. The molecule has 27 heavy (non-hydrogen) atoms. The zero-order valence-electron chi connectivity index (χ0n) is 17.0. The van der Waals surface area contributed by atoms with Crippen LogP contribution in [0.4, 0.5) is 0 Å². The molecule has 0 aliphatic carbocycles. The van der Waals surface area contributed by atoms with Crippen LogP contribution in [0.5, 0.6) is 0 Å². The summed E-state index contributed by atoms with van der Waals surface area (Å²) in [5, 5.41) is 7.16. The quantitative estimate of drug-likeness (QED) is 0.666. The molecule has 3 aliphatic heterocycles. The normalized spacial score (nSPS) is 34.3. The zero-order chi connectivity index (χ0) is 19.6. The zero-order valence-corrected chi connectivity index (χ0v) is 17.0. The first kappa shape index (κ1) is 20.5. The van der Waals surface area contributed by atoms with Gasteiger partial charge in [-0.05, 0) is 39.3 Å². The number of hydrazine groups is 1. The molecule has 0 aromatic carbocycles. The first-order valence-electron chi connectivity index (χ1n) is 10.1. The highest BCUT2D eigenvalue weighted by molar-refractivity contribution is 5.73. The van der Waals surface area contributed by atoms with Crippen molar-refractivity contribution >= 4 is 11.8 Å². The molecule has 0 radical (unpaired) electrons. The molecule has 0 saturated carbocycles. The highest BCUT2D eigenvalue weighted by Crippen LogP contribution is 2.32. The van der Waals surface area contributed by atoms with Crippen molar-refractivity contribution in [2.75, 3.05) is 46.9 Å². The van der Waals surface area contributed by atoms with E-state index < -0.39 is 0 Å². The molecule has 5 atom stereocenters. The smallest absolute Gasteiger partial charge is 0.233 e. The molecule has 154 valence electrons. The second-order valence-electron chi connectivity index (χ2n) is 8.28. The third-order valence-electron chi connectivity index (χ3n) is 5.95. The van der Waals surface area contributed by atoms with E-state index in [4.69, 9.17) is 9.47 Å². The van der Waals surface area contributed by atoms with Crippen LogP contribution in [0.2, 0.25) is 0 Å². The third kappa shape index (κ3) is 5.19. The maximum absolute atomic E-state index is 12.3. The number of piperidine rings is 1. The van der Waals surface area contributed by atoms with Crippen molar-refractivity contribution in [2.45, 2.75) is 51.5 Å². The van der Waals surface area contributed by atoms with Crippen LogP contribution in [0.3, 0.4) is 0 Å². The molecule has 8 heteroatoms. The fourth-order valence-electron chi connectivity index (χ4n) is 4.56. The average Bonchev–Trinajstić information content (AvgIpc) is 3.39. The van der Waals surface area contributed by atoms with Crippen LogP contribution in [0.15, 0.2) is 0 Å². The second kappa shape index (κ2) is 8.86. The van der Waals surface area contributed by atoms with Crippen LogP contribution in [-0.2, 0) is 19.1 Å². The van der Waals surface area contributed by atoms with E-state index in [-0.39, 0.29) is 30.2 Å². The van der Waals surface area contributed by atoms with Crippen LogP contribution < -0.4 is 5.32 Å². The minimum Gasteiger partial charge on any atom is -0.381 e. The number of ether oxygens (including phenoxy) is 2. The summed E-state index contributed by atoms with van der Waals surface area (Å²) in [6, 6.07) is 0.164. The lowest BCUT2D eigenvalue weighted by molar-refractivity contribution is -0.153. The van der Waals surface area contributed by atoms with Gasteiger partial charge in [0.25, 0.3) is 0 Å². The van der Waals surface area contributed by atoms with Gasteiger partial charge in [0, 0.05) is 45.5 Å². The lowest BCUT2D eigenvalue weighted by Crippen LogP contribution is -2.56. The maximum Gasteiger partial charge on any atom is 0.233 e. The first-order valence-corrected chi connectivity index (χ1v) is 10.1. The number of rotatable bonds is 6. The second-order valence-corrected chi connectivity index (χ2v) is 8.28. The van der Waals surface area contributed by atoms with E-state index in [1.165, 1.54) is 0 Å². The Bertz CT molecular complexity index is 544. The molecule has 2 amide bonds. The molecular weight excluding hydrogens is 348 g/mol. The van der Waals surface area contributed by atoms with Crippen molar-refractivity contribution in [3.8, 4) is 0 Å². The summed E-state index contributed by atoms with van der Waals surface area (Å²) in [6.45, 7) is 6.88. The summed E-state index contributed by atoms with van der Waals surface area (Å²) in [6.07, 6.45) is 3.18. The number of amides is 2. The van der Waals surface area contributed by atoms with E-state index in [0.29, 0.717) is 31.6 Å². The monoisotopic (exact) mass is 382 g/mol. The van der Waals surface area contributed by atoms with E-state index >= 15 is 0 Å². The Morgan fingerprint density at radius 1 is 1.22 bits per heavy atom. The number of hydrogen-bond acceptors (Lipinski definition) is 6. The van der Waals surface area contributed by atoms with Gasteiger partial charge in [0.05, 0.1) is 13.2 Å². The number of nitrogens with one attached hydrogen (secondary N) is 1. The van der Waals surface area contributed by atoms with Crippen molar-refractivity contribution in [3.05, 3.63) is 0 Å². The lowest BCUT2D eigenvalue weighted by Gasteiger charge is -2.45. The molecule has 3 heterocycles. The fourth-order valence-corrected chi connectivity index (χ4v) is 4.56. The Kier molecular flexibility index (Phi) is 6.73. The molecule has 3 aliphatic rings. The van der Waals surface area contributed by atoms with Crippen molar-refractivity contribution < 1.29 is 19.1 Å². The standard InChI is InChI=1S/C19H34N4O4/c1-13(24)20-17-7-9-26-12-16(17)15-6-5-8-22(10-15)23(14(2)25)11-18-19(27-18)21(3)4/h15-19H,5-12H2,1-4H3,(H,20,24). The van der Waals surface area contributed by atoms with Crippen LogP contribution >= 0.6 is 0 Å². The minimum atomic E-state index is 0.0190. The molecular formula is C19H34N4O4. The summed E-state index contributed by atoms with van der Waals surface area (Å²) in [4.78, 5) is 25.9. The van der Waals surface area contributed by atoms with E-state index in [0.717, 1.165) is 32.4 Å². The Labute approximate surface area is 162 Å². The Hall–Kier alpha value is -1.22. The molecule has 5 unspecified atom stereocenters. The molecule has 0 bridgehead atoms. The predicted molar refractivity (Wildman–Crippen MR) is 101 cm³/mol. The van der Waals surface area contributed by atoms with Gasteiger partial charge in [-0.25, -0.2) is 5.01 Å². The number of carbonyl (C=O) groups excluding carboxylic acids is 2. The van der Waals surface area contributed by atoms with Gasteiger partial charge in [-0.2, -0.15) is 0 Å². The van der Waals surface area contributed by atoms with E-state index in [2.05, 4.69) is 10.3 Å². The molecule has 0 aromatic rings. The molecule has 1 N–H and O–H groups in total. The van der Waals surface area contributed by atoms with E-state index in [9.17, 15) is 9.59 Å². The summed E-state index contributed by atoms with van der Waals surface area (Å²) >= 11 is 0. The van der Waals surface area contributed by atoms with Gasteiger partial charge < -0.3 is 14.8 Å². The Morgan fingerprint density at radius 2 is 2.00 bits per heavy atom. The van der Waals surface area contributed by atoms with Gasteiger partial charge >= 0.3 is 0 Å². The number of epoxide rings is 1. The summed E-state index contributed by atoms with van der Waals surface area (Å²) < 4.78 is 11.4. The summed E-state index contributed by atoms with van der Waals surface area (Å²) in [5.41, 5.74) is 0. The van der Waals surface area contributed by atoms with E-state index in [1.807, 2.05) is 24.0 Å². The van der Waals surface area contributed by atoms with Crippen LogP contribution in [0.1, 0.15) is 33.1 Å². The van der Waals surface area contributed by atoms with Crippen LogP contribution in [-0.4, -0.2) is 92.0 Å². The molecule has 0 aromatic heterocycles. The van der Waals surface area contributed by atoms with E-state index in [1.54, 1.807) is 13.8 Å². The van der Waals surface area contributed by atoms with Gasteiger partial charge in [0.1, 0.15) is 12.3 Å². The van der Waals surface area contributed by atoms with Crippen molar-refractivity contribution in [1.29, 1.82) is 0 Å². The van der Waals surface area contributed by atoms with Gasteiger partial charge in [-0.3, -0.25) is 19.5 Å². The van der Waals surface area contributed by atoms with Gasteiger partial charge in [-0.15, -0.1) is 0 Å². The summed E-state index contributed by atoms with van der Waals surface area (Å²) in [7, 11) is 3.98. The topological polar surface area (TPSA) is 77.7 Å². The molecule has 3 fully saturated rings. The number of hydrogen-bond donors (Lipinski definition) is 1. The largest absolute Gasteiger partial charge is 0.381 e. The highest BCUT2D eigenvalue weighted by atomic mass is 16.6. The van der Waals surface area contributed by atoms with Crippen LogP contribution in [0.25, 0.3) is 0 Å². The molecule has 0 spiro atoms. The molecule has 8 nitrogen and oxygen atoms in total. The summed E-state index contributed by atoms with van der Waals surface area (Å²) in [5.74, 6) is 0.779. The fraction of sp³-hybridized carbons (Fsp3) is 0.895. The third-order valence-corrected chi connectivity index (χ3v) is 5.95. The first-order chi connectivity index (χ1) is 12.9. The maximum atomic E-state index is 12.3. The number of likely N-dealkylation sites (N-methyl/N-ethyl adjacent to an activating group) is 1. The predicted octanol–water partition coefficient (Wildman–Crippen LogP) is 0.290. The van der Waals surface area contributed by atoms with Crippen molar-refractivity contribution in [2.24, 2.45) is 11.8 Å². The Balaban J connectivity index is 1.62.